The number of nitro groups is 1. The molecule has 1 heterocycles. The van der Waals surface area contributed by atoms with Crippen LogP contribution in [0, 0.1) is 17.0 Å². The van der Waals surface area contributed by atoms with E-state index < -0.39 is 10.9 Å². The van der Waals surface area contributed by atoms with Crippen molar-refractivity contribution in [3.63, 3.8) is 0 Å². The highest BCUT2D eigenvalue weighted by molar-refractivity contribution is 7.18. The number of anilines is 1. The van der Waals surface area contributed by atoms with Gasteiger partial charge in [0.2, 0.25) is 0 Å². The van der Waals surface area contributed by atoms with Gasteiger partial charge < -0.3 is 10.5 Å². The third-order valence-electron chi connectivity index (χ3n) is 2.82. The first-order chi connectivity index (χ1) is 9.43. The number of aryl methyl sites for hydroxylation is 1. The molecule has 0 aliphatic carbocycles. The van der Waals surface area contributed by atoms with Crippen LogP contribution in [0.2, 0.25) is 0 Å². The molecule has 0 saturated heterocycles. The number of carbonyl (C=O) groups is 1. The summed E-state index contributed by atoms with van der Waals surface area (Å²) in [5.41, 5.74) is 7.71. The summed E-state index contributed by atoms with van der Waals surface area (Å²) in [6.45, 7) is 1.77. The summed E-state index contributed by atoms with van der Waals surface area (Å²) < 4.78 is 4.65. The van der Waals surface area contributed by atoms with Gasteiger partial charge in [0, 0.05) is 17.0 Å². The van der Waals surface area contributed by atoms with Crippen molar-refractivity contribution in [2.45, 2.75) is 6.92 Å². The lowest BCUT2D eigenvalue weighted by molar-refractivity contribution is -0.384. The first-order valence-corrected chi connectivity index (χ1v) is 6.48. The molecule has 0 radical (unpaired) electrons. The molecule has 0 bridgehead atoms. The molecule has 0 fully saturated rings. The van der Waals surface area contributed by atoms with Gasteiger partial charge in [-0.1, -0.05) is 0 Å². The maximum atomic E-state index is 11.5. The number of benzene rings is 1. The molecule has 7 heteroatoms. The van der Waals surface area contributed by atoms with E-state index in [1.807, 2.05) is 0 Å². The van der Waals surface area contributed by atoms with Crippen molar-refractivity contribution in [1.29, 1.82) is 0 Å². The molecule has 6 nitrogen and oxygen atoms in total. The molecule has 104 valence electrons. The fourth-order valence-electron chi connectivity index (χ4n) is 1.83. The highest BCUT2D eigenvalue weighted by Gasteiger charge is 2.17. The molecule has 0 unspecified atom stereocenters. The second-order valence-electron chi connectivity index (χ2n) is 4.14. The quantitative estimate of drug-likeness (QED) is 0.533. The van der Waals surface area contributed by atoms with E-state index in [1.54, 1.807) is 19.1 Å². The van der Waals surface area contributed by atoms with E-state index in [9.17, 15) is 14.9 Å². The molecule has 2 rings (SSSR count). The maximum absolute atomic E-state index is 11.5. The number of rotatable bonds is 3. The van der Waals surface area contributed by atoms with Crippen LogP contribution in [-0.2, 0) is 4.74 Å². The summed E-state index contributed by atoms with van der Waals surface area (Å²) in [6, 6.07) is 6.24. The zero-order valence-corrected chi connectivity index (χ0v) is 11.7. The second kappa shape index (κ2) is 5.30. The van der Waals surface area contributed by atoms with Gasteiger partial charge in [0.05, 0.1) is 17.7 Å². The van der Waals surface area contributed by atoms with Crippen molar-refractivity contribution in [1.82, 2.24) is 0 Å². The van der Waals surface area contributed by atoms with Gasteiger partial charge in [-0.25, -0.2) is 4.79 Å². The number of nitrogens with zero attached hydrogens (tertiary/aromatic N) is 1. The number of nitro benzene ring substituents is 1. The number of carbonyl (C=O) groups excluding carboxylic acids is 1. The lowest BCUT2D eigenvalue weighted by Crippen LogP contribution is -2.00. The van der Waals surface area contributed by atoms with E-state index in [-0.39, 0.29) is 5.69 Å². The standard InChI is InChI=1S/C13H12N2O4S/c1-7-5-8(15(17)18)3-4-9(7)11-6-10(14)12(20-11)13(16)19-2/h3-6H,14H2,1-2H3. The van der Waals surface area contributed by atoms with Crippen LogP contribution in [0.15, 0.2) is 24.3 Å². The van der Waals surface area contributed by atoms with Crippen LogP contribution in [-0.4, -0.2) is 18.0 Å². The molecule has 0 saturated carbocycles. The Hall–Kier alpha value is -2.41. The highest BCUT2D eigenvalue weighted by atomic mass is 32.1. The SMILES string of the molecule is COC(=O)c1sc(-c2ccc([N+](=O)[O-])cc2C)cc1N. The van der Waals surface area contributed by atoms with Crippen molar-refractivity contribution in [3.8, 4) is 10.4 Å². The Kier molecular flexibility index (Phi) is 3.71. The fraction of sp³-hybridized carbons (Fsp3) is 0.154. The Morgan fingerprint density at radius 2 is 2.10 bits per heavy atom. The summed E-state index contributed by atoms with van der Waals surface area (Å²) in [5.74, 6) is -0.488. The first kappa shape index (κ1) is 14.0. The topological polar surface area (TPSA) is 95.5 Å². The van der Waals surface area contributed by atoms with Gasteiger partial charge in [0.25, 0.3) is 5.69 Å². The molecular weight excluding hydrogens is 280 g/mol. The Labute approximate surface area is 118 Å². The van der Waals surface area contributed by atoms with Crippen molar-refractivity contribution in [3.05, 3.63) is 44.8 Å². The molecule has 2 N–H and O–H groups in total. The van der Waals surface area contributed by atoms with Gasteiger partial charge in [-0.2, -0.15) is 0 Å². The third kappa shape index (κ3) is 2.48. The zero-order valence-electron chi connectivity index (χ0n) is 10.9. The normalized spacial score (nSPS) is 10.3. The van der Waals surface area contributed by atoms with Crippen molar-refractivity contribution in [2.75, 3.05) is 12.8 Å². The van der Waals surface area contributed by atoms with Crippen molar-refractivity contribution < 1.29 is 14.5 Å². The number of thiophene rings is 1. The average Bonchev–Trinajstić information content (AvgIpc) is 2.79. The summed E-state index contributed by atoms with van der Waals surface area (Å²) in [4.78, 5) is 22.9. The van der Waals surface area contributed by atoms with Gasteiger partial charge in [0.15, 0.2) is 0 Å². The maximum Gasteiger partial charge on any atom is 0.350 e. The van der Waals surface area contributed by atoms with E-state index in [0.29, 0.717) is 10.6 Å². The number of hydrogen-bond donors (Lipinski definition) is 1. The lowest BCUT2D eigenvalue weighted by atomic mass is 10.1. The number of esters is 1. The van der Waals surface area contributed by atoms with Crippen LogP contribution in [0.25, 0.3) is 10.4 Å². The number of non-ortho nitro benzene ring substituents is 1. The molecular formula is C13H12N2O4S. The fourth-order valence-corrected chi connectivity index (χ4v) is 2.92. The van der Waals surface area contributed by atoms with Crippen molar-refractivity contribution in [2.24, 2.45) is 0 Å². The van der Waals surface area contributed by atoms with Gasteiger partial charge in [-0.05, 0) is 30.2 Å². The lowest BCUT2D eigenvalue weighted by Gasteiger charge is -2.02. The molecule has 0 amide bonds. The van der Waals surface area contributed by atoms with E-state index >= 15 is 0 Å². The van der Waals surface area contributed by atoms with Gasteiger partial charge >= 0.3 is 5.97 Å². The minimum atomic E-state index is -0.488. The molecule has 1 aromatic carbocycles. The number of hydrogen-bond acceptors (Lipinski definition) is 6. The Balaban J connectivity index is 2.47. The van der Waals surface area contributed by atoms with Gasteiger partial charge in [-0.15, -0.1) is 11.3 Å². The predicted molar refractivity (Wildman–Crippen MR) is 76.9 cm³/mol. The molecule has 2 aromatic rings. The Morgan fingerprint density at radius 3 is 2.65 bits per heavy atom. The predicted octanol–water partition coefficient (Wildman–Crippen LogP) is 3.00. The zero-order chi connectivity index (χ0) is 14.9. The van der Waals surface area contributed by atoms with Crippen LogP contribution in [0.3, 0.4) is 0 Å². The highest BCUT2D eigenvalue weighted by Crippen LogP contribution is 2.36. The summed E-state index contributed by atoms with van der Waals surface area (Å²) in [6.07, 6.45) is 0. The molecule has 1 aromatic heterocycles. The van der Waals surface area contributed by atoms with Crippen LogP contribution in [0.5, 0.6) is 0 Å². The minimum absolute atomic E-state index is 0.0315. The number of nitrogens with two attached hydrogens (primary N) is 1. The molecule has 0 spiro atoms. The Morgan fingerprint density at radius 1 is 1.40 bits per heavy atom. The smallest absolute Gasteiger partial charge is 0.350 e. The molecule has 0 aliphatic heterocycles. The molecule has 0 aliphatic rings. The largest absolute Gasteiger partial charge is 0.465 e. The summed E-state index contributed by atoms with van der Waals surface area (Å²) in [7, 11) is 1.29. The number of ether oxygens (including phenoxy) is 1. The molecule has 20 heavy (non-hydrogen) atoms. The van der Waals surface area contributed by atoms with Crippen molar-refractivity contribution >= 4 is 28.7 Å². The van der Waals surface area contributed by atoms with Crippen LogP contribution in [0.4, 0.5) is 11.4 Å². The average molecular weight is 292 g/mol. The van der Waals surface area contributed by atoms with E-state index in [4.69, 9.17) is 5.73 Å². The van der Waals surface area contributed by atoms with E-state index in [1.165, 1.54) is 30.6 Å². The van der Waals surface area contributed by atoms with E-state index in [0.717, 1.165) is 16.0 Å². The van der Waals surface area contributed by atoms with Crippen LogP contribution >= 0.6 is 11.3 Å². The van der Waals surface area contributed by atoms with Gasteiger partial charge in [-0.3, -0.25) is 10.1 Å². The number of methoxy groups -OCH3 is 1. The Bertz CT molecular complexity index is 694. The number of nitrogen functional groups attached to an aromatic ring is 1. The minimum Gasteiger partial charge on any atom is -0.465 e. The monoisotopic (exact) mass is 292 g/mol. The third-order valence-corrected chi connectivity index (χ3v) is 3.98. The second-order valence-corrected chi connectivity index (χ2v) is 5.20. The van der Waals surface area contributed by atoms with Crippen LogP contribution < -0.4 is 5.73 Å². The molecule has 0 atom stereocenters. The summed E-state index contributed by atoms with van der Waals surface area (Å²) in [5, 5.41) is 10.7. The first-order valence-electron chi connectivity index (χ1n) is 5.67. The van der Waals surface area contributed by atoms with Gasteiger partial charge in [0.1, 0.15) is 4.88 Å². The summed E-state index contributed by atoms with van der Waals surface area (Å²) >= 11 is 1.20. The van der Waals surface area contributed by atoms with Crippen LogP contribution in [0.1, 0.15) is 15.2 Å². The van der Waals surface area contributed by atoms with E-state index in [2.05, 4.69) is 4.74 Å².